The monoisotopic (exact) mass is 406 g/mol. The Labute approximate surface area is 177 Å². The summed E-state index contributed by atoms with van der Waals surface area (Å²) >= 11 is 0. The van der Waals surface area contributed by atoms with Crippen LogP contribution in [0.4, 0.5) is 5.82 Å². The molecule has 0 saturated carbocycles. The van der Waals surface area contributed by atoms with Gasteiger partial charge in [-0.15, -0.1) is 0 Å². The molecule has 158 valence electrons. The van der Waals surface area contributed by atoms with Crippen molar-refractivity contribution in [2.75, 3.05) is 11.9 Å². The maximum absolute atomic E-state index is 10.5. The average molecular weight is 407 g/mol. The van der Waals surface area contributed by atoms with Gasteiger partial charge in [-0.2, -0.15) is 5.10 Å². The zero-order chi connectivity index (χ0) is 21.5. The first-order valence-corrected chi connectivity index (χ1v) is 10.3. The van der Waals surface area contributed by atoms with Gasteiger partial charge in [0.05, 0.1) is 24.3 Å². The molecular formula is C23H30N6O. The molecule has 0 amide bonds. The van der Waals surface area contributed by atoms with Gasteiger partial charge >= 0.3 is 0 Å². The molecule has 2 aromatic heterocycles. The zero-order valence-electron chi connectivity index (χ0n) is 18.3. The van der Waals surface area contributed by atoms with Crippen molar-refractivity contribution in [1.29, 1.82) is 0 Å². The number of hydrogen-bond acceptors (Lipinski definition) is 6. The van der Waals surface area contributed by atoms with E-state index >= 15 is 0 Å². The molecule has 3 heterocycles. The van der Waals surface area contributed by atoms with E-state index in [1.807, 2.05) is 12.1 Å². The lowest BCUT2D eigenvalue weighted by Crippen LogP contribution is -2.62. The highest BCUT2D eigenvalue weighted by molar-refractivity contribution is 5.73. The maximum atomic E-state index is 10.5. The highest BCUT2D eigenvalue weighted by atomic mass is 16.3. The van der Waals surface area contributed by atoms with Crippen LogP contribution in [0.2, 0.25) is 0 Å². The van der Waals surface area contributed by atoms with E-state index in [1.165, 1.54) is 0 Å². The number of anilines is 1. The number of aromatic hydroxyl groups is 1. The molecule has 7 nitrogen and oxygen atoms in total. The second-order valence-corrected chi connectivity index (χ2v) is 9.54. The van der Waals surface area contributed by atoms with Gasteiger partial charge in [0, 0.05) is 41.5 Å². The number of benzene rings is 1. The number of phenols is 1. The van der Waals surface area contributed by atoms with Crippen LogP contribution in [0.1, 0.15) is 40.5 Å². The van der Waals surface area contributed by atoms with Crippen LogP contribution < -0.4 is 10.2 Å². The Balaban J connectivity index is 1.54. The molecule has 0 unspecified atom stereocenters. The van der Waals surface area contributed by atoms with Gasteiger partial charge in [-0.25, -0.2) is 4.98 Å². The Morgan fingerprint density at radius 1 is 1.00 bits per heavy atom. The Hall–Kier alpha value is -2.93. The van der Waals surface area contributed by atoms with Gasteiger partial charge < -0.3 is 15.3 Å². The largest absolute Gasteiger partial charge is 0.507 e. The van der Waals surface area contributed by atoms with E-state index in [9.17, 15) is 5.11 Å². The number of aromatic amines is 1. The lowest BCUT2D eigenvalue weighted by Gasteiger charge is -2.49. The lowest BCUT2D eigenvalue weighted by molar-refractivity contribution is 0.160. The van der Waals surface area contributed by atoms with Crippen molar-refractivity contribution in [2.45, 2.75) is 57.7 Å². The van der Waals surface area contributed by atoms with Gasteiger partial charge in [0.15, 0.2) is 0 Å². The maximum Gasteiger partial charge on any atom is 0.147 e. The van der Waals surface area contributed by atoms with Crippen molar-refractivity contribution in [2.24, 2.45) is 0 Å². The quantitative estimate of drug-likeness (QED) is 0.607. The predicted octanol–water partition coefficient (Wildman–Crippen LogP) is 3.98. The second-order valence-electron chi connectivity index (χ2n) is 9.54. The fourth-order valence-electron chi connectivity index (χ4n) is 4.71. The van der Waals surface area contributed by atoms with Gasteiger partial charge in [-0.05, 0) is 58.2 Å². The van der Waals surface area contributed by atoms with E-state index < -0.39 is 0 Å². The molecule has 0 atom stereocenters. The van der Waals surface area contributed by atoms with Crippen molar-refractivity contribution < 1.29 is 5.11 Å². The van der Waals surface area contributed by atoms with Gasteiger partial charge in [-0.1, -0.05) is 6.07 Å². The molecule has 30 heavy (non-hydrogen) atoms. The molecule has 1 aromatic carbocycles. The number of nitrogens with zero attached hydrogens (tertiary/aromatic N) is 4. The molecular weight excluding hydrogens is 376 g/mol. The first-order chi connectivity index (χ1) is 14.1. The first-order valence-electron chi connectivity index (χ1n) is 10.3. The number of rotatable bonds is 4. The van der Waals surface area contributed by atoms with E-state index in [1.54, 1.807) is 30.9 Å². The normalized spacial score (nSPS) is 18.3. The lowest BCUT2D eigenvalue weighted by atomic mass is 9.79. The molecule has 0 bridgehead atoms. The van der Waals surface area contributed by atoms with Gasteiger partial charge in [-0.3, -0.25) is 10.1 Å². The summed E-state index contributed by atoms with van der Waals surface area (Å²) < 4.78 is 0. The highest BCUT2D eigenvalue weighted by Gasteiger charge is 2.39. The summed E-state index contributed by atoms with van der Waals surface area (Å²) in [6, 6.07) is 5.91. The topological polar surface area (TPSA) is 90.0 Å². The molecule has 4 rings (SSSR count). The second kappa shape index (κ2) is 7.40. The van der Waals surface area contributed by atoms with Crippen LogP contribution in [-0.4, -0.2) is 49.4 Å². The summed E-state index contributed by atoms with van der Waals surface area (Å²) in [6.45, 7) is 9.00. The van der Waals surface area contributed by atoms with E-state index in [-0.39, 0.29) is 16.8 Å². The van der Waals surface area contributed by atoms with Crippen molar-refractivity contribution in [1.82, 2.24) is 25.5 Å². The first kappa shape index (κ1) is 20.3. The molecule has 7 heteroatoms. The molecule has 1 aliphatic rings. The van der Waals surface area contributed by atoms with E-state index in [2.05, 4.69) is 65.1 Å². The van der Waals surface area contributed by atoms with Crippen LogP contribution in [0.15, 0.2) is 43.0 Å². The van der Waals surface area contributed by atoms with Gasteiger partial charge in [0.25, 0.3) is 0 Å². The minimum atomic E-state index is 0.0660. The Kier molecular flexibility index (Phi) is 5.02. The third-order valence-corrected chi connectivity index (χ3v) is 5.82. The molecule has 1 fully saturated rings. The summed E-state index contributed by atoms with van der Waals surface area (Å²) in [5.41, 5.74) is 3.26. The predicted molar refractivity (Wildman–Crippen MR) is 119 cm³/mol. The SMILES string of the molecule is CN(c1cnc(-c2ccc(-c3cn[nH]c3)cc2O)cn1)C1CC(C)(C)NC(C)(C)C1. The van der Waals surface area contributed by atoms with Gasteiger partial charge in [0.2, 0.25) is 0 Å². The van der Waals surface area contributed by atoms with Crippen molar-refractivity contribution in [3.63, 3.8) is 0 Å². The highest BCUT2D eigenvalue weighted by Crippen LogP contribution is 2.34. The third kappa shape index (κ3) is 4.16. The van der Waals surface area contributed by atoms with Crippen LogP contribution in [-0.2, 0) is 0 Å². The fraction of sp³-hybridized carbons (Fsp3) is 0.435. The molecule has 1 aliphatic heterocycles. The molecule has 0 spiro atoms. The average Bonchev–Trinajstić information content (AvgIpc) is 3.20. The Morgan fingerprint density at radius 2 is 1.73 bits per heavy atom. The summed E-state index contributed by atoms with van der Waals surface area (Å²) in [5.74, 6) is 1.01. The van der Waals surface area contributed by atoms with Crippen LogP contribution in [0, 0.1) is 0 Å². The Morgan fingerprint density at radius 3 is 2.30 bits per heavy atom. The number of hydrogen-bond donors (Lipinski definition) is 3. The van der Waals surface area contributed by atoms with E-state index in [4.69, 9.17) is 0 Å². The number of piperidine rings is 1. The van der Waals surface area contributed by atoms with E-state index in [0.717, 1.165) is 29.8 Å². The summed E-state index contributed by atoms with van der Waals surface area (Å²) in [6.07, 6.45) is 9.11. The van der Waals surface area contributed by atoms with Crippen LogP contribution in [0.25, 0.3) is 22.4 Å². The third-order valence-electron chi connectivity index (χ3n) is 5.82. The molecule has 0 radical (unpaired) electrons. The van der Waals surface area contributed by atoms with Crippen LogP contribution >= 0.6 is 0 Å². The summed E-state index contributed by atoms with van der Waals surface area (Å²) in [4.78, 5) is 11.5. The zero-order valence-corrected chi connectivity index (χ0v) is 18.3. The smallest absolute Gasteiger partial charge is 0.147 e. The molecule has 3 aromatic rings. The van der Waals surface area contributed by atoms with Crippen LogP contribution in [0.3, 0.4) is 0 Å². The summed E-state index contributed by atoms with van der Waals surface area (Å²) in [5, 5.41) is 21.0. The molecule has 3 N–H and O–H groups in total. The Bertz CT molecular complexity index is 995. The van der Waals surface area contributed by atoms with Crippen molar-refractivity contribution in [3.05, 3.63) is 43.0 Å². The summed E-state index contributed by atoms with van der Waals surface area (Å²) in [7, 11) is 2.09. The minimum absolute atomic E-state index is 0.0660. The van der Waals surface area contributed by atoms with Crippen molar-refractivity contribution in [3.8, 4) is 28.1 Å². The molecule has 0 aliphatic carbocycles. The number of aromatic nitrogens is 4. The van der Waals surface area contributed by atoms with Crippen molar-refractivity contribution >= 4 is 5.82 Å². The number of nitrogens with one attached hydrogen (secondary N) is 2. The molecule has 1 saturated heterocycles. The van der Waals surface area contributed by atoms with Gasteiger partial charge in [0.1, 0.15) is 11.6 Å². The number of phenolic OH excluding ortho intramolecular Hbond substituents is 1. The van der Waals surface area contributed by atoms with E-state index in [0.29, 0.717) is 17.3 Å². The fourth-order valence-corrected chi connectivity index (χ4v) is 4.71. The standard InChI is InChI=1S/C23H30N6O/c1-22(2)9-17(10-23(3,4)28-22)29(5)21-14-24-19(13-25-21)18-7-6-15(8-20(18)30)16-11-26-27-12-16/h6-8,11-14,17,28,30H,9-10H2,1-5H3,(H,26,27). The van der Waals surface area contributed by atoms with Crippen LogP contribution in [0.5, 0.6) is 5.75 Å². The minimum Gasteiger partial charge on any atom is -0.507 e. The number of H-pyrrole nitrogens is 1.